The van der Waals surface area contributed by atoms with Gasteiger partial charge in [0.2, 0.25) is 5.91 Å². The van der Waals surface area contributed by atoms with Crippen molar-refractivity contribution in [1.29, 1.82) is 0 Å². The number of aromatic carboxylic acids is 1. The first-order valence-electron chi connectivity index (χ1n) is 6.42. The Hall–Kier alpha value is -2.24. The predicted molar refractivity (Wildman–Crippen MR) is 78.9 cm³/mol. The molecular weight excluding hydrogens is 258 g/mol. The van der Waals surface area contributed by atoms with E-state index in [1.807, 2.05) is 13.8 Å². The number of likely N-dealkylation sites (N-methyl/N-ethyl adjacent to an activating group) is 1. The molecule has 1 aromatic carbocycles. The van der Waals surface area contributed by atoms with Gasteiger partial charge in [0.15, 0.2) is 0 Å². The fourth-order valence-corrected chi connectivity index (χ4v) is 1.68. The number of hydrogen-bond acceptors (Lipinski definition) is 4. The molecule has 0 aliphatic carbocycles. The summed E-state index contributed by atoms with van der Waals surface area (Å²) in [5.74, 6) is -0.769. The summed E-state index contributed by atoms with van der Waals surface area (Å²) >= 11 is 0. The number of nitrogens with one attached hydrogen (secondary N) is 1. The molecule has 6 heteroatoms. The molecule has 0 unspecified atom stereocenters. The zero-order chi connectivity index (χ0) is 15.3. The molecule has 0 aliphatic heterocycles. The topological polar surface area (TPSA) is 95.7 Å². The minimum atomic E-state index is -1.02. The molecule has 1 aromatic rings. The van der Waals surface area contributed by atoms with Crippen LogP contribution >= 0.6 is 0 Å². The minimum Gasteiger partial charge on any atom is -0.478 e. The van der Waals surface area contributed by atoms with Gasteiger partial charge in [0.25, 0.3) is 0 Å². The van der Waals surface area contributed by atoms with E-state index in [0.717, 1.165) is 0 Å². The van der Waals surface area contributed by atoms with E-state index in [2.05, 4.69) is 5.32 Å². The van der Waals surface area contributed by atoms with Crippen molar-refractivity contribution >= 4 is 23.3 Å². The summed E-state index contributed by atoms with van der Waals surface area (Å²) in [6.45, 7) is 4.76. The minimum absolute atomic E-state index is 0.124. The van der Waals surface area contributed by atoms with E-state index in [1.165, 1.54) is 18.2 Å². The van der Waals surface area contributed by atoms with Crippen LogP contribution in [0.2, 0.25) is 0 Å². The van der Waals surface area contributed by atoms with Crippen LogP contribution in [0.3, 0.4) is 0 Å². The largest absolute Gasteiger partial charge is 0.478 e. The highest BCUT2D eigenvalue weighted by atomic mass is 16.4. The molecule has 0 atom stereocenters. The highest BCUT2D eigenvalue weighted by molar-refractivity contribution is 5.91. The van der Waals surface area contributed by atoms with Crippen molar-refractivity contribution in [1.82, 2.24) is 5.32 Å². The zero-order valence-corrected chi connectivity index (χ0v) is 12.0. The van der Waals surface area contributed by atoms with Crippen molar-refractivity contribution in [3.8, 4) is 0 Å². The quantitative estimate of drug-likeness (QED) is 0.679. The van der Waals surface area contributed by atoms with Crippen LogP contribution in [0.5, 0.6) is 0 Å². The number of carboxylic acids is 1. The van der Waals surface area contributed by atoms with Crippen LogP contribution in [-0.2, 0) is 4.79 Å². The highest BCUT2D eigenvalue weighted by Crippen LogP contribution is 2.23. The third-order valence-electron chi connectivity index (χ3n) is 2.78. The van der Waals surface area contributed by atoms with Crippen molar-refractivity contribution in [2.24, 2.45) is 5.92 Å². The normalized spacial score (nSPS) is 10.4. The molecular formula is C14H21N3O3. The molecule has 0 saturated carbocycles. The van der Waals surface area contributed by atoms with E-state index in [-0.39, 0.29) is 18.0 Å². The van der Waals surface area contributed by atoms with Crippen LogP contribution in [0, 0.1) is 5.92 Å². The fraction of sp³-hybridized carbons (Fsp3) is 0.429. The highest BCUT2D eigenvalue weighted by Gasteiger charge is 2.13. The van der Waals surface area contributed by atoms with Gasteiger partial charge in [0.05, 0.1) is 23.5 Å². The van der Waals surface area contributed by atoms with Crippen molar-refractivity contribution in [2.75, 3.05) is 30.8 Å². The standard InChI is InChI=1S/C14H21N3O3/c1-9(2)7-16-13(18)8-17(3)12-6-10(14(19)20)4-5-11(12)15/h4-6,9H,7-8,15H2,1-3H3,(H,16,18)(H,19,20). The van der Waals surface area contributed by atoms with Gasteiger partial charge in [-0.15, -0.1) is 0 Å². The molecule has 1 rings (SSSR count). The summed E-state index contributed by atoms with van der Waals surface area (Å²) < 4.78 is 0. The number of carbonyl (C=O) groups excluding carboxylic acids is 1. The number of benzene rings is 1. The Morgan fingerprint density at radius 2 is 2.05 bits per heavy atom. The second-order valence-corrected chi connectivity index (χ2v) is 5.13. The molecule has 0 fully saturated rings. The lowest BCUT2D eigenvalue weighted by Gasteiger charge is -2.21. The first-order valence-corrected chi connectivity index (χ1v) is 6.42. The van der Waals surface area contributed by atoms with Gasteiger partial charge in [-0.25, -0.2) is 4.79 Å². The maximum atomic E-state index is 11.8. The summed E-state index contributed by atoms with van der Waals surface area (Å²) in [4.78, 5) is 24.3. The molecule has 0 heterocycles. The lowest BCUT2D eigenvalue weighted by atomic mass is 10.1. The Labute approximate surface area is 118 Å². The predicted octanol–water partition coefficient (Wildman–Crippen LogP) is 1.18. The Morgan fingerprint density at radius 1 is 1.40 bits per heavy atom. The van der Waals surface area contributed by atoms with E-state index in [1.54, 1.807) is 11.9 Å². The van der Waals surface area contributed by atoms with Crippen LogP contribution in [0.15, 0.2) is 18.2 Å². The summed E-state index contributed by atoms with van der Waals surface area (Å²) in [6, 6.07) is 4.43. The van der Waals surface area contributed by atoms with E-state index in [4.69, 9.17) is 10.8 Å². The Kier molecular flexibility index (Phi) is 5.37. The third-order valence-corrected chi connectivity index (χ3v) is 2.78. The van der Waals surface area contributed by atoms with Gasteiger partial charge in [-0.2, -0.15) is 0 Å². The SMILES string of the molecule is CC(C)CNC(=O)CN(C)c1cc(C(=O)O)ccc1N. The summed E-state index contributed by atoms with van der Waals surface area (Å²) in [7, 11) is 1.70. The number of rotatable bonds is 6. The van der Waals surface area contributed by atoms with Gasteiger partial charge in [0.1, 0.15) is 0 Å². The smallest absolute Gasteiger partial charge is 0.335 e. The number of carbonyl (C=O) groups is 2. The Bertz CT molecular complexity index is 500. The van der Waals surface area contributed by atoms with E-state index < -0.39 is 5.97 Å². The first kappa shape index (κ1) is 15.8. The van der Waals surface area contributed by atoms with Crippen molar-refractivity contribution in [3.63, 3.8) is 0 Å². The van der Waals surface area contributed by atoms with Gasteiger partial charge in [-0.1, -0.05) is 13.8 Å². The van der Waals surface area contributed by atoms with Crippen LogP contribution in [0.1, 0.15) is 24.2 Å². The van der Waals surface area contributed by atoms with Crippen LogP contribution in [0.4, 0.5) is 11.4 Å². The van der Waals surface area contributed by atoms with Crippen LogP contribution in [0.25, 0.3) is 0 Å². The van der Waals surface area contributed by atoms with Gasteiger partial charge in [0, 0.05) is 13.6 Å². The average Bonchev–Trinajstić information content (AvgIpc) is 2.36. The lowest BCUT2D eigenvalue weighted by Crippen LogP contribution is -2.37. The second-order valence-electron chi connectivity index (χ2n) is 5.13. The molecule has 1 amide bonds. The number of nitrogens with two attached hydrogens (primary N) is 1. The molecule has 20 heavy (non-hydrogen) atoms. The molecule has 0 bridgehead atoms. The number of amides is 1. The summed E-state index contributed by atoms with van der Waals surface area (Å²) in [5.41, 5.74) is 6.94. The van der Waals surface area contributed by atoms with E-state index in [0.29, 0.717) is 23.8 Å². The van der Waals surface area contributed by atoms with Gasteiger partial charge < -0.3 is 21.1 Å². The summed E-state index contributed by atoms with van der Waals surface area (Å²) in [6.07, 6.45) is 0. The zero-order valence-electron chi connectivity index (χ0n) is 12.0. The molecule has 110 valence electrons. The first-order chi connectivity index (χ1) is 9.31. The molecule has 0 radical (unpaired) electrons. The Morgan fingerprint density at radius 3 is 2.60 bits per heavy atom. The number of nitrogens with zero attached hydrogens (tertiary/aromatic N) is 1. The fourth-order valence-electron chi connectivity index (χ4n) is 1.68. The second kappa shape index (κ2) is 6.79. The molecule has 0 spiro atoms. The number of hydrogen-bond donors (Lipinski definition) is 3. The Balaban J connectivity index is 2.76. The molecule has 6 nitrogen and oxygen atoms in total. The molecule has 4 N–H and O–H groups in total. The van der Waals surface area contributed by atoms with Crippen molar-refractivity contribution < 1.29 is 14.7 Å². The number of anilines is 2. The third kappa shape index (κ3) is 4.46. The van der Waals surface area contributed by atoms with E-state index >= 15 is 0 Å². The molecule has 0 aromatic heterocycles. The monoisotopic (exact) mass is 279 g/mol. The van der Waals surface area contributed by atoms with Crippen LogP contribution in [-0.4, -0.2) is 37.1 Å². The number of nitrogen functional groups attached to an aromatic ring is 1. The maximum Gasteiger partial charge on any atom is 0.335 e. The average molecular weight is 279 g/mol. The number of carboxylic acid groups (broad SMARTS) is 1. The van der Waals surface area contributed by atoms with Crippen LogP contribution < -0.4 is 16.0 Å². The van der Waals surface area contributed by atoms with Crippen molar-refractivity contribution in [2.45, 2.75) is 13.8 Å². The van der Waals surface area contributed by atoms with Gasteiger partial charge in [-0.3, -0.25) is 4.79 Å². The summed E-state index contributed by atoms with van der Waals surface area (Å²) in [5, 5.41) is 11.8. The van der Waals surface area contributed by atoms with E-state index in [9.17, 15) is 9.59 Å². The van der Waals surface area contributed by atoms with Gasteiger partial charge >= 0.3 is 5.97 Å². The van der Waals surface area contributed by atoms with Gasteiger partial charge in [-0.05, 0) is 24.1 Å². The molecule has 0 aliphatic rings. The lowest BCUT2D eigenvalue weighted by molar-refractivity contribution is -0.119. The van der Waals surface area contributed by atoms with Crippen molar-refractivity contribution in [3.05, 3.63) is 23.8 Å². The molecule has 0 saturated heterocycles. The maximum absolute atomic E-state index is 11.8.